The van der Waals surface area contributed by atoms with Gasteiger partial charge in [-0.1, -0.05) is 6.07 Å². The first-order valence-corrected chi connectivity index (χ1v) is 7.41. The zero-order valence-corrected chi connectivity index (χ0v) is 13.4. The predicted octanol–water partition coefficient (Wildman–Crippen LogP) is 2.32. The Morgan fingerprint density at radius 2 is 1.86 bits per heavy atom. The number of hydrogen-bond donors (Lipinski definition) is 2. The Morgan fingerprint density at radius 3 is 2.33 bits per heavy atom. The summed E-state index contributed by atoms with van der Waals surface area (Å²) in [6, 6.07) is 2.54. The van der Waals surface area contributed by atoms with E-state index < -0.39 is 21.8 Å². The molecule has 9 heteroatoms. The predicted molar refractivity (Wildman–Crippen MR) is 77.1 cm³/mol. The molecule has 0 spiro atoms. The third-order valence-corrected chi connectivity index (χ3v) is 4.44. The van der Waals surface area contributed by atoms with Gasteiger partial charge in [0, 0.05) is 12.6 Å². The number of sulfonamides is 1. The van der Waals surface area contributed by atoms with Gasteiger partial charge in [0.05, 0.1) is 10.5 Å². The van der Waals surface area contributed by atoms with Gasteiger partial charge in [0.15, 0.2) is 0 Å². The van der Waals surface area contributed by atoms with E-state index in [1.165, 1.54) is 6.92 Å². The van der Waals surface area contributed by atoms with Crippen LogP contribution in [-0.4, -0.2) is 28.1 Å². The van der Waals surface area contributed by atoms with Gasteiger partial charge in [0.2, 0.25) is 10.0 Å². The molecule has 0 bridgehead atoms. The van der Waals surface area contributed by atoms with Crippen molar-refractivity contribution in [1.82, 2.24) is 10.0 Å². The third-order valence-electron chi connectivity index (χ3n) is 2.88. The molecule has 0 aliphatic carbocycles. The molecule has 122 valence electrons. The van der Waals surface area contributed by atoms with Crippen molar-refractivity contribution in [2.75, 3.05) is 13.6 Å². The minimum atomic E-state index is -4.57. The molecule has 0 saturated heterocycles. The van der Waals surface area contributed by atoms with Crippen LogP contribution in [0.25, 0.3) is 0 Å². The van der Waals surface area contributed by atoms with E-state index >= 15 is 0 Å². The van der Waals surface area contributed by atoms with Crippen molar-refractivity contribution in [2.45, 2.75) is 31.0 Å². The van der Waals surface area contributed by atoms with E-state index in [4.69, 9.17) is 0 Å². The van der Waals surface area contributed by atoms with Gasteiger partial charge in [-0.05, 0) is 38.6 Å². The third kappa shape index (κ3) is 5.46. The van der Waals surface area contributed by atoms with E-state index in [0.29, 0.717) is 6.07 Å². The van der Waals surface area contributed by atoms with Crippen LogP contribution in [0.2, 0.25) is 0 Å². The monoisotopic (exact) mass is 346 g/mol. The van der Waals surface area contributed by atoms with E-state index in [9.17, 15) is 21.6 Å². The molecule has 1 aromatic rings. The van der Waals surface area contributed by atoms with Crippen molar-refractivity contribution < 1.29 is 21.6 Å². The second kappa shape index (κ2) is 7.44. The van der Waals surface area contributed by atoms with Crippen molar-refractivity contribution in [3.63, 3.8) is 0 Å². The van der Waals surface area contributed by atoms with E-state index in [0.717, 1.165) is 12.1 Å². The Morgan fingerprint density at radius 1 is 1.29 bits per heavy atom. The number of hydrogen-bond acceptors (Lipinski definition) is 3. The van der Waals surface area contributed by atoms with E-state index in [-0.39, 0.29) is 35.5 Å². The van der Waals surface area contributed by atoms with Crippen LogP contribution in [0.5, 0.6) is 0 Å². The number of halogens is 4. The lowest BCUT2D eigenvalue weighted by Crippen LogP contribution is -2.37. The molecule has 0 aliphatic rings. The lowest BCUT2D eigenvalue weighted by molar-refractivity contribution is -0.137. The van der Waals surface area contributed by atoms with Crippen LogP contribution in [0.15, 0.2) is 23.1 Å². The molecule has 0 aliphatic heterocycles. The molecule has 0 aromatic heterocycles. The van der Waals surface area contributed by atoms with Gasteiger partial charge in [-0.2, -0.15) is 13.2 Å². The van der Waals surface area contributed by atoms with Crippen LogP contribution in [0, 0.1) is 6.92 Å². The maximum Gasteiger partial charge on any atom is 0.416 e. The molecule has 1 rings (SSSR count). The van der Waals surface area contributed by atoms with Crippen LogP contribution in [-0.2, 0) is 16.2 Å². The standard InChI is InChI=1S/C12H17F3N2O2S.ClH/c1-8-4-5-10(12(13,14)15)6-11(8)20(18,19)17-7-9(2)16-3;/h4-6,9,16-17H,7H2,1-3H3;1H. The van der Waals surface area contributed by atoms with Gasteiger partial charge in [0.25, 0.3) is 0 Å². The lowest BCUT2D eigenvalue weighted by Gasteiger charge is -2.15. The van der Waals surface area contributed by atoms with Crippen molar-refractivity contribution in [1.29, 1.82) is 0 Å². The molecule has 0 radical (unpaired) electrons. The highest BCUT2D eigenvalue weighted by Crippen LogP contribution is 2.31. The maximum atomic E-state index is 12.6. The topological polar surface area (TPSA) is 58.2 Å². The fourth-order valence-corrected chi connectivity index (χ4v) is 2.88. The fourth-order valence-electron chi connectivity index (χ4n) is 1.48. The summed E-state index contributed by atoms with van der Waals surface area (Å²) in [5.41, 5.74) is -0.715. The Bertz CT molecular complexity index is 576. The van der Waals surface area contributed by atoms with E-state index in [2.05, 4.69) is 10.0 Å². The fraction of sp³-hybridized carbons (Fsp3) is 0.500. The maximum absolute atomic E-state index is 12.6. The van der Waals surface area contributed by atoms with Crippen LogP contribution < -0.4 is 10.0 Å². The summed E-state index contributed by atoms with van der Waals surface area (Å²) in [5, 5.41) is 2.83. The highest BCUT2D eigenvalue weighted by atomic mass is 35.5. The molecule has 0 heterocycles. The van der Waals surface area contributed by atoms with Crippen molar-refractivity contribution in [3.8, 4) is 0 Å². The smallest absolute Gasteiger partial charge is 0.316 e. The zero-order chi connectivity index (χ0) is 15.6. The number of alkyl halides is 3. The molecule has 4 nitrogen and oxygen atoms in total. The average Bonchev–Trinajstić information content (AvgIpc) is 2.34. The summed E-state index contributed by atoms with van der Waals surface area (Å²) in [5.74, 6) is 0. The quantitative estimate of drug-likeness (QED) is 0.860. The highest BCUT2D eigenvalue weighted by molar-refractivity contribution is 7.89. The molecule has 0 saturated carbocycles. The molecule has 1 aromatic carbocycles. The number of likely N-dealkylation sites (N-methyl/N-ethyl adjacent to an activating group) is 1. The Kier molecular flexibility index (Phi) is 7.14. The van der Waals surface area contributed by atoms with Gasteiger partial charge < -0.3 is 5.32 Å². The van der Waals surface area contributed by atoms with Gasteiger partial charge in [-0.3, -0.25) is 0 Å². The molecule has 0 fully saturated rings. The molecule has 1 atom stereocenters. The minimum Gasteiger partial charge on any atom is -0.316 e. The van der Waals surface area contributed by atoms with Crippen LogP contribution in [0.4, 0.5) is 13.2 Å². The molecule has 21 heavy (non-hydrogen) atoms. The summed E-state index contributed by atoms with van der Waals surface area (Å²) in [4.78, 5) is -0.351. The van der Waals surface area contributed by atoms with Gasteiger partial charge in [-0.25, -0.2) is 13.1 Å². The molecule has 1 unspecified atom stereocenters. The van der Waals surface area contributed by atoms with E-state index in [1.807, 2.05) is 0 Å². The van der Waals surface area contributed by atoms with E-state index in [1.54, 1.807) is 14.0 Å². The first-order valence-electron chi connectivity index (χ1n) is 5.92. The van der Waals surface area contributed by atoms with Crippen LogP contribution in [0.3, 0.4) is 0 Å². The normalized spacial score (nSPS) is 13.6. The summed E-state index contributed by atoms with van der Waals surface area (Å²) < 4.78 is 64.3. The molecule has 2 N–H and O–H groups in total. The lowest BCUT2D eigenvalue weighted by atomic mass is 10.1. The number of aryl methyl sites for hydroxylation is 1. The first-order chi connectivity index (χ1) is 9.08. The zero-order valence-electron chi connectivity index (χ0n) is 11.8. The largest absolute Gasteiger partial charge is 0.416 e. The first kappa shape index (κ1) is 20.2. The summed E-state index contributed by atoms with van der Waals surface area (Å²) in [7, 11) is -2.31. The number of nitrogens with one attached hydrogen (secondary N) is 2. The second-order valence-corrected chi connectivity index (χ2v) is 6.26. The summed E-state index contributed by atoms with van der Waals surface area (Å²) >= 11 is 0. The van der Waals surface area contributed by atoms with Crippen molar-refractivity contribution >= 4 is 22.4 Å². The highest BCUT2D eigenvalue weighted by Gasteiger charge is 2.32. The van der Waals surface area contributed by atoms with Crippen LogP contribution >= 0.6 is 12.4 Å². The van der Waals surface area contributed by atoms with Gasteiger partial charge >= 0.3 is 6.18 Å². The van der Waals surface area contributed by atoms with Crippen molar-refractivity contribution in [2.24, 2.45) is 0 Å². The average molecular weight is 347 g/mol. The second-order valence-electron chi connectivity index (χ2n) is 4.52. The Hall–Kier alpha value is -0.830. The molecular weight excluding hydrogens is 329 g/mol. The molecule has 0 amide bonds. The Balaban J connectivity index is 0.00000400. The minimum absolute atomic E-state index is 0. The number of benzene rings is 1. The SMILES string of the molecule is CNC(C)CNS(=O)(=O)c1cc(C(F)(F)F)ccc1C.Cl. The number of rotatable bonds is 5. The summed E-state index contributed by atoms with van der Waals surface area (Å²) in [6.45, 7) is 3.30. The summed E-state index contributed by atoms with van der Waals surface area (Å²) in [6.07, 6.45) is -4.57. The Labute approximate surface area is 128 Å². The van der Waals surface area contributed by atoms with Gasteiger partial charge in [0.1, 0.15) is 0 Å². The van der Waals surface area contributed by atoms with Crippen LogP contribution in [0.1, 0.15) is 18.1 Å². The molecular formula is C12H18ClF3N2O2S. The van der Waals surface area contributed by atoms with Gasteiger partial charge in [-0.15, -0.1) is 12.4 Å². The van der Waals surface area contributed by atoms with Crippen molar-refractivity contribution in [3.05, 3.63) is 29.3 Å².